The Morgan fingerprint density at radius 1 is 0.853 bits per heavy atom. The Morgan fingerprint density at radius 3 is 1.85 bits per heavy atom. The van der Waals surface area contributed by atoms with Crippen LogP contribution in [0.3, 0.4) is 0 Å². The van der Waals surface area contributed by atoms with E-state index in [-0.39, 0.29) is 27.7 Å². The highest BCUT2D eigenvalue weighted by molar-refractivity contribution is 5.93. The van der Waals surface area contributed by atoms with Gasteiger partial charge in [-0.2, -0.15) is 0 Å². The Bertz CT molecular complexity index is 740. The molecule has 0 aromatic rings. The highest BCUT2D eigenvalue weighted by Gasteiger charge is 2.52. The minimum Gasteiger partial charge on any atom is -0.300 e. The molecule has 0 spiro atoms. The van der Waals surface area contributed by atoms with Crippen LogP contribution in [0.2, 0.25) is 0 Å². The summed E-state index contributed by atoms with van der Waals surface area (Å²) in [5.41, 5.74) is -1.90. The van der Waals surface area contributed by atoms with Crippen LogP contribution in [-0.4, -0.2) is 45.2 Å². The standard InChI is InChI=1S/C30H56N2O2/c1-25(2,3)23(33)29(13,31-27(7,8)9)19-16-14-15-17-20-30(24(34)26(4,5)6)21-18-22-32(30)28(10,11)12/h15,17,31H,14,16,18-22H2,1-13H3/b17-15+/t29-,30-/m0/s1. The zero-order chi connectivity index (χ0) is 26.8. The predicted octanol–water partition coefficient (Wildman–Crippen LogP) is 7.11. The van der Waals surface area contributed by atoms with Crippen LogP contribution in [0.1, 0.15) is 129 Å². The lowest BCUT2D eigenvalue weighted by Crippen LogP contribution is -2.60. The molecule has 1 fully saturated rings. The van der Waals surface area contributed by atoms with Gasteiger partial charge in [-0.25, -0.2) is 0 Å². The molecule has 1 aliphatic rings. The van der Waals surface area contributed by atoms with Crippen LogP contribution >= 0.6 is 0 Å². The van der Waals surface area contributed by atoms with Crippen LogP contribution in [0.5, 0.6) is 0 Å². The molecule has 0 saturated carbocycles. The first-order valence-corrected chi connectivity index (χ1v) is 13.4. The smallest absolute Gasteiger partial charge is 0.158 e. The first kappa shape index (κ1) is 31.0. The Morgan fingerprint density at radius 2 is 1.41 bits per heavy atom. The summed E-state index contributed by atoms with van der Waals surface area (Å²) in [4.78, 5) is 29.4. The molecular weight excluding hydrogens is 420 g/mol. The predicted molar refractivity (Wildman–Crippen MR) is 146 cm³/mol. The Balaban J connectivity index is 2.96. The maximum Gasteiger partial charge on any atom is 0.158 e. The van der Waals surface area contributed by atoms with Crippen LogP contribution in [-0.2, 0) is 9.59 Å². The second-order valence-corrected chi connectivity index (χ2v) is 14.9. The fourth-order valence-electron chi connectivity index (χ4n) is 5.95. The van der Waals surface area contributed by atoms with Gasteiger partial charge < -0.3 is 5.32 Å². The number of hydrogen-bond donors (Lipinski definition) is 1. The average Bonchev–Trinajstić information content (AvgIpc) is 3.05. The van der Waals surface area contributed by atoms with Crippen LogP contribution in [0.25, 0.3) is 0 Å². The van der Waals surface area contributed by atoms with Gasteiger partial charge in [-0.1, -0.05) is 53.7 Å². The van der Waals surface area contributed by atoms with Crippen molar-refractivity contribution in [1.82, 2.24) is 10.2 Å². The minimum absolute atomic E-state index is 0.0427. The number of hydrogen-bond acceptors (Lipinski definition) is 4. The summed E-state index contributed by atoms with van der Waals surface area (Å²) in [5.74, 6) is 0.621. The lowest BCUT2D eigenvalue weighted by molar-refractivity contribution is -0.140. The van der Waals surface area contributed by atoms with Gasteiger partial charge >= 0.3 is 0 Å². The molecule has 1 heterocycles. The summed E-state index contributed by atoms with van der Waals surface area (Å²) in [6.07, 6.45) is 9.86. The Labute approximate surface area is 211 Å². The molecule has 0 unspecified atom stereocenters. The summed E-state index contributed by atoms with van der Waals surface area (Å²) >= 11 is 0. The molecule has 0 radical (unpaired) electrons. The van der Waals surface area contributed by atoms with E-state index in [0.29, 0.717) is 5.78 Å². The molecule has 0 aliphatic carbocycles. The molecule has 4 heteroatoms. The van der Waals surface area contributed by atoms with Crippen molar-refractivity contribution in [2.75, 3.05) is 6.54 Å². The molecule has 1 aliphatic heterocycles. The van der Waals surface area contributed by atoms with Crippen LogP contribution in [0, 0.1) is 10.8 Å². The summed E-state index contributed by atoms with van der Waals surface area (Å²) in [6.45, 7) is 28.2. The number of Topliss-reactive ketones (excluding diaryl/α,β-unsaturated/α-hetero) is 2. The van der Waals surface area contributed by atoms with Gasteiger partial charge in [0.1, 0.15) is 0 Å². The second-order valence-electron chi connectivity index (χ2n) is 14.9. The van der Waals surface area contributed by atoms with Crippen molar-refractivity contribution in [1.29, 1.82) is 0 Å². The summed E-state index contributed by atoms with van der Waals surface area (Å²) in [5, 5.41) is 3.61. The van der Waals surface area contributed by atoms with Crippen molar-refractivity contribution in [2.45, 2.75) is 151 Å². The lowest BCUT2D eigenvalue weighted by Gasteiger charge is -2.47. The number of ketones is 2. The van der Waals surface area contributed by atoms with Gasteiger partial charge in [0.25, 0.3) is 0 Å². The van der Waals surface area contributed by atoms with E-state index in [4.69, 9.17) is 0 Å². The van der Waals surface area contributed by atoms with Crippen molar-refractivity contribution in [3.05, 3.63) is 12.2 Å². The Hall–Kier alpha value is -1.00. The molecule has 4 nitrogen and oxygen atoms in total. The zero-order valence-corrected chi connectivity index (χ0v) is 24.9. The molecule has 0 amide bonds. The molecule has 1 N–H and O–H groups in total. The molecule has 0 aromatic heterocycles. The van der Waals surface area contributed by atoms with Crippen molar-refractivity contribution in [2.24, 2.45) is 10.8 Å². The van der Waals surface area contributed by atoms with Gasteiger partial charge in [0, 0.05) is 21.9 Å². The van der Waals surface area contributed by atoms with Crippen LogP contribution < -0.4 is 5.32 Å². The number of carbonyl (C=O) groups excluding carboxylic acids is 2. The number of likely N-dealkylation sites (tertiary alicyclic amines) is 1. The first-order valence-electron chi connectivity index (χ1n) is 13.4. The van der Waals surface area contributed by atoms with Gasteiger partial charge in [-0.15, -0.1) is 0 Å². The van der Waals surface area contributed by atoms with E-state index < -0.39 is 11.1 Å². The number of nitrogens with zero attached hydrogens (tertiary/aromatic N) is 1. The number of unbranched alkanes of at least 4 members (excludes halogenated alkanes) is 1. The van der Waals surface area contributed by atoms with Gasteiger partial charge in [0.15, 0.2) is 11.6 Å². The number of rotatable bonds is 9. The molecule has 2 atom stereocenters. The third-order valence-electron chi connectivity index (χ3n) is 6.91. The van der Waals surface area contributed by atoms with Crippen molar-refractivity contribution in [3.8, 4) is 0 Å². The maximum atomic E-state index is 13.7. The first-order chi connectivity index (χ1) is 15.1. The number of carbonyl (C=O) groups is 2. The zero-order valence-electron chi connectivity index (χ0n) is 24.9. The highest BCUT2D eigenvalue weighted by atomic mass is 16.1. The molecule has 198 valence electrons. The van der Waals surface area contributed by atoms with Crippen molar-refractivity contribution < 1.29 is 9.59 Å². The largest absolute Gasteiger partial charge is 0.300 e. The molecule has 1 saturated heterocycles. The van der Waals surface area contributed by atoms with Gasteiger partial charge in [-0.3, -0.25) is 14.5 Å². The number of nitrogens with one attached hydrogen (secondary N) is 1. The molecule has 0 bridgehead atoms. The van der Waals surface area contributed by atoms with E-state index in [1.54, 1.807) is 0 Å². The monoisotopic (exact) mass is 476 g/mol. The Kier molecular flexibility index (Phi) is 9.62. The SMILES string of the molecule is CC(C)(C)N[C@@](C)(CCC/C=C/C[C@@]1(C(=O)C(C)(C)C)CCCN1C(C)(C)C)C(=O)C(C)(C)C. The van der Waals surface area contributed by atoms with E-state index in [2.05, 4.69) is 91.6 Å². The summed E-state index contributed by atoms with van der Waals surface area (Å²) in [7, 11) is 0. The molecule has 0 aromatic carbocycles. The fraction of sp³-hybridized carbons (Fsp3) is 0.867. The lowest BCUT2D eigenvalue weighted by atomic mass is 9.73. The van der Waals surface area contributed by atoms with Crippen LogP contribution in [0.15, 0.2) is 12.2 Å². The quantitative estimate of drug-likeness (QED) is 0.284. The topological polar surface area (TPSA) is 49.4 Å². The normalized spacial score (nSPS) is 22.9. The van der Waals surface area contributed by atoms with Gasteiger partial charge in [-0.05, 0) is 93.5 Å². The minimum atomic E-state index is -0.553. The summed E-state index contributed by atoms with van der Waals surface area (Å²) < 4.78 is 0. The number of allylic oxidation sites excluding steroid dienone is 1. The maximum absolute atomic E-state index is 13.7. The molecular formula is C30H56N2O2. The average molecular weight is 477 g/mol. The van der Waals surface area contributed by atoms with Crippen molar-refractivity contribution >= 4 is 11.6 Å². The highest BCUT2D eigenvalue weighted by Crippen LogP contribution is 2.43. The fourth-order valence-corrected chi connectivity index (χ4v) is 5.95. The van der Waals surface area contributed by atoms with E-state index in [1.165, 1.54) is 0 Å². The van der Waals surface area contributed by atoms with Gasteiger partial charge in [0.2, 0.25) is 0 Å². The molecule has 34 heavy (non-hydrogen) atoms. The molecule has 1 rings (SSSR count). The van der Waals surface area contributed by atoms with Crippen LogP contribution in [0.4, 0.5) is 0 Å². The third-order valence-corrected chi connectivity index (χ3v) is 6.91. The summed E-state index contributed by atoms with van der Waals surface area (Å²) in [6, 6.07) is 0. The van der Waals surface area contributed by atoms with Gasteiger partial charge in [0.05, 0.1) is 11.1 Å². The van der Waals surface area contributed by atoms with E-state index >= 15 is 0 Å². The second kappa shape index (κ2) is 10.5. The third kappa shape index (κ3) is 8.01. The van der Waals surface area contributed by atoms with E-state index in [1.807, 2.05) is 20.8 Å². The van der Waals surface area contributed by atoms with E-state index in [0.717, 1.165) is 45.1 Å². The van der Waals surface area contributed by atoms with E-state index in [9.17, 15) is 9.59 Å². The van der Waals surface area contributed by atoms with Crippen molar-refractivity contribution in [3.63, 3.8) is 0 Å².